The number of halogens is 2. The first-order valence-corrected chi connectivity index (χ1v) is 7.63. The topological polar surface area (TPSA) is 38.3 Å². The predicted molar refractivity (Wildman–Crippen MR) is 91.1 cm³/mol. The van der Waals surface area contributed by atoms with E-state index in [0.717, 1.165) is 16.8 Å². The lowest BCUT2D eigenvalue weighted by Gasteiger charge is -2.17. The zero-order valence-corrected chi connectivity index (χ0v) is 14.1. The third-order valence-electron chi connectivity index (χ3n) is 3.43. The van der Waals surface area contributed by atoms with Crippen LogP contribution in [0.25, 0.3) is 0 Å². The zero-order valence-electron chi connectivity index (χ0n) is 12.6. The highest BCUT2D eigenvalue weighted by Gasteiger charge is 2.17. The molecule has 0 bridgehead atoms. The van der Waals surface area contributed by atoms with E-state index >= 15 is 0 Å². The number of carbonyl (C=O) groups excluding carboxylic acids is 1. The van der Waals surface area contributed by atoms with Gasteiger partial charge in [-0.25, -0.2) is 0 Å². The van der Waals surface area contributed by atoms with E-state index in [4.69, 9.17) is 27.9 Å². The van der Waals surface area contributed by atoms with Crippen molar-refractivity contribution in [1.29, 1.82) is 0 Å². The van der Waals surface area contributed by atoms with Gasteiger partial charge < -0.3 is 10.1 Å². The average molecular weight is 338 g/mol. The lowest BCUT2D eigenvalue weighted by molar-refractivity contribution is -0.122. The van der Waals surface area contributed by atoms with Gasteiger partial charge >= 0.3 is 0 Å². The lowest BCUT2D eigenvalue weighted by atomic mass is 10.1. The van der Waals surface area contributed by atoms with Gasteiger partial charge in [0.15, 0.2) is 6.10 Å². The molecular formula is C17H17Cl2NO2. The monoisotopic (exact) mass is 337 g/mol. The van der Waals surface area contributed by atoms with Crippen molar-refractivity contribution in [3.05, 3.63) is 57.6 Å². The molecule has 5 heteroatoms. The SMILES string of the molecule is Cc1cccc(NC(=O)[C@H](C)Oc2ccc(Cl)cc2Cl)c1C. The van der Waals surface area contributed by atoms with Crippen LogP contribution in [0.3, 0.4) is 0 Å². The number of hydrogen-bond donors (Lipinski definition) is 1. The van der Waals surface area contributed by atoms with Crippen LogP contribution in [0.5, 0.6) is 5.75 Å². The largest absolute Gasteiger partial charge is 0.479 e. The number of hydrogen-bond acceptors (Lipinski definition) is 2. The Morgan fingerprint density at radius 2 is 1.91 bits per heavy atom. The first-order chi connectivity index (χ1) is 10.4. The molecule has 3 nitrogen and oxygen atoms in total. The summed E-state index contributed by atoms with van der Waals surface area (Å²) < 4.78 is 5.60. The summed E-state index contributed by atoms with van der Waals surface area (Å²) in [5.74, 6) is 0.189. The van der Waals surface area contributed by atoms with Gasteiger partial charge in [0.05, 0.1) is 5.02 Å². The van der Waals surface area contributed by atoms with Crippen LogP contribution >= 0.6 is 23.2 Å². The molecule has 2 aromatic rings. The van der Waals surface area contributed by atoms with Crippen molar-refractivity contribution in [2.75, 3.05) is 5.32 Å². The minimum Gasteiger partial charge on any atom is -0.479 e. The van der Waals surface area contributed by atoms with Crippen LogP contribution in [0.2, 0.25) is 10.0 Å². The van der Waals surface area contributed by atoms with Crippen molar-refractivity contribution in [3.8, 4) is 5.75 Å². The van der Waals surface area contributed by atoms with Crippen molar-refractivity contribution in [2.45, 2.75) is 26.9 Å². The molecule has 0 fully saturated rings. The van der Waals surface area contributed by atoms with Gasteiger partial charge in [0.2, 0.25) is 0 Å². The molecular weight excluding hydrogens is 321 g/mol. The Hall–Kier alpha value is -1.71. The maximum absolute atomic E-state index is 12.3. The Kier molecular flexibility index (Phi) is 5.33. The Morgan fingerprint density at radius 3 is 2.59 bits per heavy atom. The molecule has 0 heterocycles. The van der Waals surface area contributed by atoms with Gasteiger partial charge in [0.25, 0.3) is 5.91 Å². The number of rotatable bonds is 4. The van der Waals surface area contributed by atoms with Crippen LogP contribution in [0.15, 0.2) is 36.4 Å². The zero-order chi connectivity index (χ0) is 16.3. The van der Waals surface area contributed by atoms with Gasteiger partial charge in [-0.15, -0.1) is 0 Å². The van der Waals surface area contributed by atoms with Gasteiger partial charge in [-0.3, -0.25) is 4.79 Å². The first-order valence-electron chi connectivity index (χ1n) is 6.87. The molecule has 0 saturated heterocycles. The molecule has 0 aromatic heterocycles. The third kappa shape index (κ3) is 3.93. The van der Waals surface area contributed by atoms with Crippen molar-refractivity contribution in [3.63, 3.8) is 0 Å². The molecule has 2 rings (SSSR count). The fourth-order valence-corrected chi connectivity index (χ4v) is 2.39. The molecule has 0 aliphatic carbocycles. The van der Waals surface area contributed by atoms with E-state index in [0.29, 0.717) is 15.8 Å². The highest BCUT2D eigenvalue weighted by atomic mass is 35.5. The summed E-state index contributed by atoms with van der Waals surface area (Å²) in [7, 11) is 0. The van der Waals surface area contributed by atoms with E-state index in [1.165, 1.54) is 0 Å². The van der Waals surface area contributed by atoms with E-state index in [-0.39, 0.29) is 5.91 Å². The van der Waals surface area contributed by atoms with Crippen LogP contribution < -0.4 is 10.1 Å². The summed E-state index contributed by atoms with van der Waals surface area (Å²) in [5.41, 5.74) is 2.93. The van der Waals surface area contributed by atoms with Crippen LogP contribution in [0.4, 0.5) is 5.69 Å². The number of aryl methyl sites for hydroxylation is 1. The van der Waals surface area contributed by atoms with Crippen LogP contribution in [-0.2, 0) is 4.79 Å². The maximum atomic E-state index is 12.3. The molecule has 0 saturated carbocycles. The molecule has 2 aromatic carbocycles. The van der Waals surface area contributed by atoms with Crippen molar-refractivity contribution >= 4 is 34.8 Å². The highest BCUT2D eigenvalue weighted by molar-refractivity contribution is 6.35. The Morgan fingerprint density at radius 1 is 1.18 bits per heavy atom. The van der Waals surface area contributed by atoms with Crippen LogP contribution in [0, 0.1) is 13.8 Å². The first kappa shape index (κ1) is 16.7. The molecule has 0 unspecified atom stereocenters. The Bertz CT molecular complexity index is 701. The Labute approximate surface area is 140 Å². The summed E-state index contributed by atoms with van der Waals surface area (Å²) in [4.78, 5) is 12.3. The van der Waals surface area contributed by atoms with E-state index in [1.807, 2.05) is 32.0 Å². The number of anilines is 1. The molecule has 0 aliphatic rings. The minimum atomic E-state index is -0.682. The van der Waals surface area contributed by atoms with E-state index in [1.54, 1.807) is 25.1 Å². The predicted octanol–water partition coefficient (Wildman–Crippen LogP) is 5.02. The normalized spacial score (nSPS) is 11.9. The summed E-state index contributed by atoms with van der Waals surface area (Å²) >= 11 is 11.9. The molecule has 116 valence electrons. The number of nitrogens with one attached hydrogen (secondary N) is 1. The fraction of sp³-hybridized carbons (Fsp3) is 0.235. The van der Waals surface area contributed by atoms with Crippen LogP contribution in [-0.4, -0.2) is 12.0 Å². The van der Waals surface area contributed by atoms with E-state index in [2.05, 4.69) is 5.32 Å². The number of carbonyl (C=O) groups is 1. The van der Waals surface area contributed by atoms with Crippen molar-refractivity contribution < 1.29 is 9.53 Å². The second kappa shape index (κ2) is 7.03. The van der Waals surface area contributed by atoms with E-state index < -0.39 is 6.10 Å². The molecule has 0 radical (unpaired) electrons. The second-order valence-corrected chi connectivity index (χ2v) is 5.92. The fourth-order valence-electron chi connectivity index (χ4n) is 1.94. The summed E-state index contributed by atoms with van der Waals surface area (Å²) in [6, 6.07) is 10.7. The summed E-state index contributed by atoms with van der Waals surface area (Å²) in [5, 5.41) is 3.76. The van der Waals surface area contributed by atoms with Gasteiger partial charge in [0.1, 0.15) is 5.75 Å². The number of benzene rings is 2. The molecule has 1 N–H and O–H groups in total. The third-order valence-corrected chi connectivity index (χ3v) is 3.96. The summed E-state index contributed by atoms with van der Waals surface area (Å²) in [6.45, 7) is 5.64. The molecule has 0 spiro atoms. The Balaban J connectivity index is 2.07. The average Bonchev–Trinajstić information content (AvgIpc) is 2.46. The number of ether oxygens (including phenoxy) is 1. The van der Waals surface area contributed by atoms with E-state index in [9.17, 15) is 4.79 Å². The van der Waals surface area contributed by atoms with Crippen molar-refractivity contribution in [1.82, 2.24) is 0 Å². The van der Waals surface area contributed by atoms with Crippen LogP contribution in [0.1, 0.15) is 18.1 Å². The summed E-state index contributed by atoms with van der Waals surface area (Å²) in [6.07, 6.45) is -0.682. The maximum Gasteiger partial charge on any atom is 0.265 e. The minimum absolute atomic E-state index is 0.236. The van der Waals surface area contributed by atoms with Gasteiger partial charge in [-0.2, -0.15) is 0 Å². The standard InChI is InChI=1S/C17H17Cl2NO2/c1-10-5-4-6-15(11(10)2)20-17(21)12(3)22-16-8-7-13(18)9-14(16)19/h4-9,12H,1-3H3,(H,20,21)/t12-/m0/s1. The number of amides is 1. The highest BCUT2D eigenvalue weighted by Crippen LogP contribution is 2.28. The second-order valence-electron chi connectivity index (χ2n) is 5.07. The van der Waals surface area contributed by atoms with Gasteiger partial charge in [0, 0.05) is 10.7 Å². The molecule has 22 heavy (non-hydrogen) atoms. The quantitative estimate of drug-likeness (QED) is 0.850. The van der Waals surface area contributed by atoms with Gasteiger partial charge in [-0.05, 0) is 56.2 Å². The van der Waals surface area contributed by atoms with Crippen molar-refractivity contribution in [2.24, 2.45) is 0 Å². The molecule has 1 atom stereocenters. The lowest BCUT2D eigenvalue weighted by Crippen LogP contribution is -2.30. The molecule has 1 amide bonds. The molecule has 0 aliphatic heterocycles. The smallest absolute Gasteiger partial charge is 0.265 e. The van der Waals surface area contributed by atoms with Gasteiger partial charge in [-0.1, -0.05) is 35.3 Å².